The molecule has 1 aromatic heterocycles. The number of pyridine rings is 1. The van der Waals surface area contributed by atoms with Crippen molar-refractivity contribution in [2.75, 3.05) is 26.1 Å². The fourth-order valence-electron chi connectivity index (χ4n) is 2.17. The highest BCUT2D eigenvalue weighted by atomic mass is 16.5. The Morgan fingerprint density at radius 1 is 1.25 bits per heavy atom. The summed E-state index contributed by atoms with van der Waals surface area (Å²) in [7, 11) is 3.26. The highest BCUT2D eigenvalue weighted by Crippen LogP contribution is 2.34. The monoisotopic (exact) mass is 275 g/mol. The van der Waals surface area contributed by atoms with E-state index >= 15 is 0 Å². The molecule has 3 N–H and O–H groups in total. The van der Waals surface area contributed by atoms with Crippen LogP contribution in [0, 0.1) is 0 Å². The van der Waals surface area contributed by atoms with Crippen molar-refractivity contribution >= 4 is 16.6 Å². The van der Waals surface area contributed by atoms with E-state index in [1.54, 1.807) is 20.4 Å². The van der Waals surface area contributed by atoms with Crippen LogP contribution in [0.5, 0.6) is 11.5 Å². The van der Waals surface area contributed by atoms with Crippen LogP contribution in [-0.4, -0.2) is 31.8 Å². The van der Waals surface area contributed by atoms with E-state index < -0.39 is 0 Å². The first-order chi connectivity index (χ1) is 9.69. The second-order valence-corrected chi connectivity index (χ2v) is 4.71. The maximum atomic E-state index is 5.58. The molecule has 2 aromatic rings. The van der Waals surface area contributed by atoms with E-state index in [9.17, 15) is 0 Å². The SMILES string of the molecule is COc1cc2ccnc(NC(C)CCN)c2cc1OC. The molecule has 2 rings (SSSR count). The number of methoxy groups -OCH3 is 2. The Kier molecular flexibility index (Phi) is 4.63. The van der Waals surface area contributed by atoms with E-state index in [2.05, 4.69) is 17.2 Å². The van der Waals surface area contributed by atoms with E-state index in [0.717, 1.165) is 23.0 Å². The lowest BCUT2D eigenvalue weighted by Gasteiger charge is -2.16. The number of nitrogens with one attached hydrogen (secondary N) is 1. The first kappa shape index (κ1) is 14.4. The molecule has 5 heteroatoms. The number of nitrogens with zero attached hydrogens (tertiary/aromatic N) is 1. The van der Waals surface area contributed by atoms with Crippen LogP contribution in [0.2, 0.25) is 0 Å². The van der Waals surface area contributed by atoms with Crippen molar-refractivity contribution in [2.45, 2.75) is 19.4 Å². The second kappa shape index (κ2) is 6.43. The lowest BCUT2D eigenvalue weighted by atomic mass is 10.1. The number of hydrogen-bond donors (Lipinski definition) is 2. The zero-order valence-corrected chi connectivity index (χ0v) is 12.1. The molecule has 0 aliphatic heterocycles. The van der Waals surface area contributed by atoms with Gasteiger partial charge in [-0.1, -0.05) is 0 Å². The molecule has 0 aliphatic carbocycles. The molecule has 1 aromatic carbocycles. The topological polar surface area (TPSA) is 69.4 Å². The van der Waals surface area contributed by atoms with Gasteiger partial charge in [-0.25, -0.2) is 4.98 Å². The van der Waals surface area contributed by atoms with Crippen molar-refractivity contribution in [1.29, 1.82) is 0 Å². The zero-order valence-electron chi connectivity index (χ0n) is 12.1. The van der Waals surface area contributed by atoms with Crippen LogP contribution in [0.4, 0.5) is 5.82 Å². The van der Waals surface area contributed by atoms with Gasteiger partial charge in [0.05, 0.1) is 14.2 Å². The van der Waals surface area contributed by atoms with Crippen molar-refractivity contribution in [1.82, 2.24) is 4.98 Å². The molecule has 1 unspecified atom stereocenters. The molecule has 0 radical (unpaired) electrons. The number of anilines is 1. The first-order valence-corrected chi connectivity index (χ1v) is 6.67. The van der Waals surface area contributed by atoms with Crippen LogP contribution in [0.15, 0.2) is 24.4 Å². The molecule has 0 aliphatic rings. The van der Waals surface area contributed by atoms with Crippen molar-refractivity contribution in [3.8, 4) is 11.5 Å². The molecule has 1 atom stereocenters. The van der Waals surface area contributed by atoms with Gasteiger partial charge in [0.15, 0.2) is 11.5 Å². The molecule has 0 amide bonds. The number of nitrogens with two attached hydrogens (primary N) is 1. The number of ether oxygens (including phenoxy) is 2. The van der Waals surface area contributed by atoms with Gasteiger partial charge in [-0.2, -0.15) is 0 Å². The van der Waals surface area contributed by atoms with Crippen LogP contribution in [0.25, 0.3) is 10.8 Å². The molecule has 0 saturated heterocycles. The Hall–Kier alpha value is -2.01. The number of hydrogen-bond acceptors (Lipinski definition) is 5. The molecule has 0 spiro atoms. The summed E-state index contributed by atoms with van der Waals surface area (Å²) in [5, 5.41) is 5.45. The summed E-state index contributed by atoms with van der Waals surface area (Å²) >= 11 is 0. The first-order valence-electron chi connectivity index (χ1n) is 6.67. The summed E-state index contributed by atoms with van der Waals surface area (Å²) < 4.78 is 10.7. The van der Waals surface area contributed by atoms with Gasteiger partial charge in [0.2, 0.25) is 0 Å². The van der Waals surface area contributed by atoms with Gasteiger partial charge in [0, 0.05) is 17.6 Å². The minimum Gasteiger partial charge on any atom is -0.493 e. The van der Waals surface area contributed by atoms with Crippen molar-refractivity contribution < 1.29 is 9.47 Å². The summed E-state index contributed by atoms with van der Waals surface area (Å²) in [4.78, 5) is 4.41. The minimum absolute atomic E-state index is 0.270. The van der Waals surface area contributed by atoms with Gasteiger partial charge in [-0.05, 0) is 43.5 Å². The van der Waals surface area contributed by atoms with Crippen molar-refractivity contribution in [3.05, 3.63) is 24.4 Å². The largest absolute Gasteiger partial charge is 0.493 e. The summed E-state index contributed by atoms with van der Waals surface area (Å²) in [6.07, 6.45) is 2.68. The third-order valence-electron chi connectivity index (χ3n) is 3.25. The molecule has 20 heavy (non-hydrogen) atoms. The number of fused-ring (bicyclic) bond motifs is 1. The van der Waals surface area contributed by atoms with Gasteiger partial charge in [0.25, 0.3) is 0 Å². The Morgan fingerprint density at radius 2 is 1.95 bits per heavy atom. The van der Waals surface area contributed by atoms with Crippen LogP contribution in [-0.2, 0) is 0 Å². The number of rotatable bonds is 6. The van der Waals surface area contributed by atoms with E-state index in [4.69, 9.17) is 15.2 Å². The van der Waals surface area contributed by atoms with E-state index in [1.807, 2.05) is 18.2 Å². The van der Waals surface area contributed by atoms with E-state index in [1.165, 1.54) is 0 Å². The Morgan fingerprint density at radius 3 is 2.60 bits per heavy atom. The van der Waals surface area contributed by atoms with Gasteiger partial charge >= 0.3 is 0 Å². The van der Waals surface area contributed by atoms with Crippen molar-refractivity contribution in [2.24, 2.45) is 5.73 Å². The Labute approximate surface area is 119 Å². The summed E-state index contributed by atoms with van der Waals surface area (Å²) in [6.45, 7) is 2.74. The minimum atomic E-state index is 0.270. The van der Waals surface area contributed by atoms with Crippen LogP contribution in [0.1, 0.15) is 13.3 Å². The lowest BCUT2D eigenvalue weighted by Crippen LogP contribution is -2.20. The quantitative estimate of drug-likeness (QED) is 0.847. The molecular formula is C15H21N3O2. The standard InChI is InChI=1S/C15H21N3O2/c1-10(4-6-16)18-15-12-9-14(20-3)13(19-2)8-11(12)5-7-17-15/h5,7-10H,4,6,16H2,1-3H3,(H,17,18). The maximum absolute atomic E-state index is 5.58. The highest BCUT2D eigenvalue weighted by Gasteiger charge is 2.11. The second-order valence-electron chi connectivity index (χ2n) is 4.71. The molecule has 0 fully saturated rings. The molecule has 5 nitrogen and oxygen atoms in total. The van der Waals surface area contributed by atoms with Crippen LogP contribution >= 0.6 is 0 Å². The van der Waals surface area contributed by atoms with Crippen molar-refractivity contribution in [3.63, 3.8) is 0 Å². The smallest absolute Gasteiger partial charge is 0.161 e. The van der Waals surface area contributed by atoms with Gasteiger partial charge < -0.3 is 20.5 Å². The average Bonchev–Trinajstić information content (AvgIpc) is 2.46. The van der Waals surface area contributed by atoms with Crippen LogP contribution < -0.4 is 20.5 Å². The normalized spacial score (nSPS) is 12.2. The molecule has 0 saturated carbocycles. The molecule has 1 heterocycles. The molecule has 108 valence electrons. The fourth-order valence-corrected chi connectivity index (χ4v) is 2.17. The third-order valence-corrected chi connectivity index (χ3v) is 3.25. The summed E-state index contributed by atoms with van der Waals surface area (Å²) in [5.41, 5.74) is 5.58. The zero-order chi connectivity index (χ0) is 14.5. The van der Waals surface area contributed by atoms with E-state index in [-0.39, 0.29) is 6.04 Å². The predicted octanol–water partition coefficient (Wildman–Crippen LogP) is 2.40. The predicted molar refractivity (Wildman–Crippen MR) is 81.6 cm³/mol. The molecule has 0 bridgehead atoms. The third kappa shape index (κ3) is 2.93. The van der Waals surface area contributed by atoms with Gasteiger partial charge in [-0.15, -0.1) is 0 Å². The van der Waals surface area contributed by atoms with Gasteiger partial charge in [0.1, 0.15) is 5.82 Å². The number of aromatic nitrogens is 1. The Balaban J connectivity index is 2.45. The van der Waals surface area contributed by atoms with Crippen LogP contribution in [0.3, 0.4) is 0 Å². The van der Waals surface area contributed by atoms with E-state index in [0.29, 0.717) is 18.0 Å². The highest BCUT2D eigenvalue weighted by molar-refractivity contribution is 5.94. The molecular weight excluding hydrogens is 254 g/mol. The maximum Gasteiger partial charge on any atom is 0.161 e. The lowest BCUT2D eigenvalue weighted by molar-refractivity contribution is 0.356. The number of benzene rings is 1. The van der Waals surface area contributed by atoms with Gasteiger partial charge in [-0.3, -0.25) is 0 Å². The summed E-state index contributed by atoms with van der Waals surface area (Å²) in [5.74, 6) is 2.25. The Bertz CT molecular complexity index is 587. The average molecular weight is 275 g/mol. The summed E-state index contributed by atoms with van der Waals surface area (Å²) in [6, 6.07) is 6.12. The fraction of sp³-hybridized carbons (Fsp3) is 0.400.